The first kappa shape index (κ1) is 15.2. The number of hydrogen-bond donors (Lipinski definition) is 1. The normalized spacial score (nSPS) is 11.0. The Morgan fingerprint density at radius 1 is 1.43 bits per heavy atom. The Morgan fingerprint density at radius 3 is 2.76 bits per heavy atom. The maximum atomic E-state index is 13.0. The smallest absolute Gasteiger partial charge is 0.266 e. The Balaban J connectivity index is 2.19. The fourth-order valence-electron chi connectivity index (χ4n) is 1.59. The second kappa shape index (κ2) is 6.53. The van der Waals surface area contributed by atoms with Crippen LogP contribution in [-0.4, -0.2) is 5.91 Å². The zero-order chi connectivity index (χ0) is 15.4. The minimum atomic E-state index is -0.570. The highest BCUT2D eigenvalue weighted by Gasteiger charge is 2.11. The molecular weight excluding hydrogens is 311 g/mol. The van der Waals surface area contributed by atoms with Crippen LogP contribution >= 0.6 is 22.9 Å². The van der Waals surface area contributed by atoms with Gasteiger partial charge in [0.25, 0.3) is 5.91 Å². The molecule has 0 unspecified atom stereocenters. The molecule has 106 valence electrons. The summed E-state index contributed by atoms with van der Waals surface area (Å²) in [6.45, 7) is 1.94. The van der Waals surface area contributed by atoms with E-state index in [4.69, 9.17) is 16.9 Å². The van der Waals surface area contributed by atoms with Crippen molar-refractivity contribution in [1.82, 2.24) is 0 Å². The lowest BCUT2D eigenvalue weighted by molar-refractivity contribution is -0.112. The van der Waals surface area contributed by atoms with Gasteiger partial charge in [-0.05, 0) is 43.3 Å². The minimum absolute atomic E-state index is 0.0303. The molecule has 0 aliphatic heterocycles. The van der Waals surface area contributed by atoms with Gasteiger partial charge < -0.3 is 5.32 Å². The standard InChI is InChI=1S/C15H10ClFN2OS/c1-9-2-4-12(21-9)6-10(8-18)15(20)19-11-3-5-14(17)13(16)7-11/h2-7H,1H3,(H,19,20)/b10-6+. The molecular formula is C15H10ClFN2OS. The van der Waals surface area contributed by atoms with E-state index in [1.165, 1.54) is 29.5 Å². The second-order valence-electron chi connectivity index (χ2n) is 4.20. The van der Waals surface area contributed by atoms with E-state index in [2.05, 4.69) is 5.32 Å². The summed E-state index contributed by atoms with van der Waals surface area (Å²) in [4.78, 5) is 13.9. The number of nitrogens with zero attached hydrogens (tertiary/aromatic N) is 1. The molecule has 0 saturated heterocycles. The van der Waals surface area contributed by atoms with Crippen molar-refractivity contribution in [3.8, 4) is 6.07 Å². The van der Waals surface area contributed by atoms with Crippen LogP contribution in [0.5, 0.6) is 0 Å². The van der Waals surface area contributed by atoms with Gasteiger partial charge in [-0.15, -0.1) is 11.3 Å². The lowest BCUT2D eigenvalue weighted by Gasteiger charge is -2.04. The van der Waals surface area contributed by atoms with E-state index in [-0.39, 0.29) is 10.6 Å². The predicted octanol–water partition coefficient (Wildman–Crippen LogP) is 4.39. The summed E-state index contributed by atoms with van der Waals surface area (Å²) in [6, 6.07) is 9.41. The van der Waals surface area contributed by atoms with Gasteiger partial charge in [-0.25, -0.2) is 4.39 Å². The van der Waals surface area contributed by atoms with Crippen LogP contribution in [0.1, 0.15) is 9.75 Å². The summed E-state index contributed by atoms with van der Waals surface area (Å²) < 4.78 is 13.0. The van der Waals surface area contributed by atoms with E-state index in [1.807, 2.05) is 25.1 Å². The molecule has 0 aliphatic carbocycles. The van der Waals surface area contributed by atoms with Crippen molar-refractivity contribution in [1.29, 1.82) is 5.26 Å². The van der Waals surface area contributed by atoms with Gasteiger partial charge in [-0.3, -0.25) is 4.79 Å². The summed E-state index contributed by atoms with van der Waals surface area (Å²) in [6.07, 6.45) is 1.51. The van der Waals surface area contributed by atoms with Crippen LogP contribution in [0.4, 0.5) is 10.1 Å². The number of halogens is 2. The second-order valence-corrected chi connectivity index (χ2v) is 5.93. The highest BCUT2D eigenvalue weighted by atomic mass is 35.5. The summed E-state index contributed by atoms with van der Waals surface area (Å²) in [5, 5.41) is 11.5. The molecule has 1 amide bonds. The van der Waals surface area contributed by atoms with Crippen LogP contribution in [0.15, 0.2) is 35.9 Å². The summed E-state index contributed by atoms with van der Waals surface area (Å²) in [5.74, 6) is -1.13. The van der Waals surface area contributed by atoms with Crippen molar-refractivity contribution in [3.05, 3.63) is 56.5 Å². The number of hydrogen-bond acceptors (Lipinski definition) is 3. The Kier molecular flexibility index (Phi) is 4.73. The molecule has 1 aromatic heterocycles. The van der Waals surface area contributed by atoms with Crippen LogP contribution in [0.25, 0.3) is 6.08 Å². The number of carbonyl (C=O) groups is 1. The molecule has 3 nitrogen and oxygen atoms in total. The number of amides is 1. The first-order valence-electron chi connectivity index (χ1n) is 5.94. The summed E-state index contributed by atoms with van der Waals surface area (Å²) in [5.41, 5.74) is 0.298. The molecule has 0 saturated carbocycles. The number of rotatable bonds is 3. The van der Waals surface area contributed by atoms with Crippen molar-refractivity contribution < 1.29 is 9.18 Å². The number of anilines is 1. The zero-order valence-electron chi connectivity index (χ0n) is 11.0. The SMILES string of the molecule is Cc1ccc(/C=C(\C#N)C(=O)Nc2ccc(F)c(Cl)c2)s1. The number of nitriles is 1. The number of aryl methyl sites for hydroxylation is 1. The molecule has 0 fully saturated rings. The molecule has 21 heavy (non-hydrogen) atoms. The van der Waals surface area contributed by atoms with Crippen molar-refractivity contribution in [2.24, 2.45) is 0 Å². The van der Waals surface area contributed by atoms with E-state index in [9.17, 15) is 9.18 Å². The molecule has 2 rings (SSSR count). The average Bonchev–Trinajstić information content (AvgIpc) is 2.85. The summed E-state index contributed by atoms with van der Waals surface area (Å²) >= 11 is 7.12. The highest BCUT2D eigenvalue weighted by Crippen LogP contribution is 2.21. The van der Waals surface area contributed by atoms with Crippen LogP contribution in [0.3, 0.4) is 0 Å². The van der Waals surface area contributed by atoms with Gasteiger partial charge in [0.15, 0.2) is 0 Å². The van der Waals surface area contributed by atoms with Gasteiger partial charge >= 0.3 is 0 Å². The van der Waals surface area contributed by atoms with E-state index < -0.39 is 11.7 Å². The number of benzene rings is 1. The van der Waals surface area contributed by atoms with Gasteiger partial charge in [-0.1, -0.05) is 11.6 Å². The van der Waals surface area contributed by atoms with Crippen LogP contribution in [0, 0.1) is 24.1 Å². The first-order chi connectivity index (χ1) is 9.99. The lowest BCUT2D eigenvalue weighted by Crippen LogP contribution is -2.13. The number of nitrogens with one attached hydrogen (secondary N) is 1. The Labute approximate surface area is 130 Å². The molecule has 1 aromatic carbocycles. The van der Waals surface area contributed by atoms with Crippen molar-refractivity contribution in [2.45, 2.75) is 6.92 Å². The molecule has 0 atom stereocenters. The third kappa shape index (κ3) is 3.91. The largest absolute Gasteiger partial charge is 0.321 e. The Morgan fingerprint density at radius 2 is 2.19 bits per heavy atom. The van der Waals surface area contributed by atoms with Gasteiger partial charge in [-0.2, -0.15) is 5.26 Å². The topological polar surface area (TPSA) is 52.9 Å². The molecule has 2 aromatic rings. The molecule has 0 bridgehead atoms. The average molecular weight is 321 g/mol. The lowest BCUT2D eigenvalue weighted by atomic mass is 10.2. The fraction of sp³-hybridized carbons (Fsp3) is 0.0667. The van der Waals surface area contributed by atoms with Crippen molar-refractivity contribution >= 4 is 40.6 Å². The van der Waals surface area contributed by atoms with Crippen LogP contribution in [0.2, 0.25) is 5.02 Å². The third-order valence-electron chi connectivity index (χ3n) is 2.59. The monoisotopic (exact) mass is 320 g/mol. The molecule has 6 heteroatoms. The molecule has 1 N–H and O–H groups in total. The molecule has 1 heterocycles. The number of thiophene rings is 1. The molecule has 0 spiro atoms. The van der Waals surface area contributed by atoms with E-state index >= 15 is 0 Å². The Bertz CT molecular complexity index is 761. The van der Waals surface area contributed by atoms with E-state index in [0.717, 1.165) is 15.8 Å². The third-order valence-corrected chi connectivity index (χ3v) is 3.83. The van der Waals surface area contributed by atoms with E-state index in [0.29, 0.717) is 5.69 Å². The summed E-state index contributed by atoms with van der Waals surface area (Å²) in [7, 11) is 0. The first-order valence-corrected chi connectivity index (χ1v) is 7.13. The van der Waals surface area contributed by atoms with Gasteiger partial charge in [0.1, 0.15) is 17.5 Å². The van der Waals surface area contributed by atoms with Crippen LogP contribution in [-0.2, 0) is 4.79 Å². The predicted molar refractivity (Wildman–Crippen MR) is 82.7 cm³/mol. The molecule has 0 aliphatic rings. The minimum Gasteiger partial charge on any atom is -0.321 e. The van der Waals surface area contributed by atoms with Gasteiger partial charge in [0.2, 0.25) is 0 Å². The Hall–Kier alpha value is -2.16. The van der Waals surface area contributed by atoms with Gasteiger partial charge in [0, 0.05) is 15.4 Å². The quantitative estimate of drug-likeness (QED) is 0.673. The van der Waals surface area contributed by atoms with E-state index in [1.54, 1.807) is 0 Å². The van der Waals surface area contributed by atoms with Gasteiger partial charge in [0.05, 0.1) is 5.02 Å². The molecule has 0 radical (unpaired) electrons. The maximum Gasteiger partial charge on any atom is 0.266 e. The maximum absolute atomic E-state index is 13.0. The van der Waals surface area contributed by atoms with Crippen molar-refractivity contribution in [3.63, 3.8) is 0 Å². The zero-order valence-corrected chi connectivity index (χ0v) is 12.6. The fourth-order valence-corrected chi connectivity index (χ4v) is 2.60. The van der Waals surface area contributed by atoms with Crippen molar-refractivity contribution in [2.75, 3.05) is 5.32 Å². The van der Waals surface area contributed by atoms with Crippen LogP contribution < -0.4 is 5.32 Å². The number of carbonyl (C=O) groups excluding carboxylic acids is 1. The highest BCUT2D eigenvalue weighted by molar-refractivity contribution is 7.12.